The highest BCUT2D eigenvalue weighted by atomic mass is 35.5. The lowest BCUT2D eigenvalue weighted by molar-refractivity contribution is -0.143. The summed E-state index contributed by atoms with van der Waals surface area (Å²) in [5.41, 5.74) is 9.05. The van der Waals surface area contributed by atoms with Crippen LogP contribution >= 0.6 is 23.2 Å². The van der Waals surface area contributed by atoms with Crippen LogP contribution in [0.25, 0.3) is 0 Å². The van der Waals surface area contributed by atoms with Crippen LogP contribution in [0.15, 0.2) is 42.5 Å². The zero-order valence-corrected chi connectivity index (χ0v) is 21.3. The highest BCUT2D eigenvalue weighted by Crippen LogP contribution is 2.32. The van der Waals surface area contributed by atoms with Gasteiger partial charge in [-0.25, -0.2) is 14.5 Å². The van der Waals surface area contributed by atoms with Crippen molar-refractivity contribution in [3.63, 3.8) is 0 Å². The van der Waals surface area contributed by atoms with E-state index >= 15 is 0 Å². The molecule has 0 unspecified atom stereocenters. The minimum atomic E-state index is -0.781. The van der Waals surface area contributed by atoms with Crippen molar-refractivity contribution in [3.05, 3.63) is 58.1 Å². The summed E-state index contributed by atoms with van der Waals surface area (Å²) in [5.74, 6) is 0.0733. The molecule has 0 atom stereocenters. The molecular weight excluding hydrogens is 509 g/mol. The number of rotatable bonds is 11. The van der Waals surface area contributed by atoms with E-state index in [0.717, 1.165) is 29.7 Å². The fourth-order valence-corrected chi connectivity index (χ4v) is 3.52. The van der Waals surface area contributed by atoms with Gasteiger partial charge in [0, 0.05) is 18.1 Å². The van der Waals surface area contributed by atoms with Gasteiger partial charge in [0.15, 0.2) is 0 Å². The molecule has 1 aliphatic rings. The first-order valence-electron chi connectivity index (χ1n) is 11.6. The molecule has 0 heterocycles. The van der Waals surface area contributed by atoms with Crippen LogP contribution in [0.1, 0.15) is 38.2 Å². The average molecular weight is 538 g/mol. The highest BCUT2D eigenvalue weighted by molar-refractivity contribution is 6.32. The topological polar surface area (TPSA) is 121 Å². The zero-order chi connectivity index (χ0) is 25.9. The second-order valence-corrected chi connectivity index (χ2v) is 8.83. The van der Waals surface area contributed by atoms with E-state index in [1.807, 2.05) is 0 Å². The van der Waals surface area contributed by atoms with Gasteiger partial charge in [-0.05, 0) is 62.1 Å². The predicted molar refractivity (Wildman–Crippen MR) is 137 cm³/mol. The standard InChI is InChI=1S/C24H29Cl2N5O5/c1-2-35-22(32)12-13-31(23(33)27-15-16-6-8-17(25)9-7-16)24(34)29-30-28-18-10-11-21(20(26)14-18)36-19-4-3-5-19/h6-11,14,19,28,30H,2-5,12-13,15H2,1H3,(H,27,33)(H,29,34). The summed E-state index contributed by atoms with van der Waals surface area (Å²) >= 11 is 12.2. The Balaban J connectivity index is 1.53. The molecule has 3 rings (SSSR count). The molecule has 1 aliphatic carbocycles. The van der Waals surface area contributed by atoms with Gasteiger partial charge in [-0.2, -0.15) is 0 Å². The van der Waals surface area contributed by atoms with Crippen molar-refractivity contribution in [1.82, 2.24) is 21.2 Å². The lowest BCUT2D eigenvalue weighted by Gasteiger charge is -2.27. The Bertz CT molecular complexity index is 1050. The molecule has 194 valence electrons. The number of hydrogen-bond donors (Lipinski definition) is 4. The van der Waals surface area contributed by atoms with Crippen LogP contribution in [0.3, 0.4) is 0 Å². The Morgan fingerprint density at radius 1 is 1.06 bits per heavy atom. The minimum Gasteiger partial charge on any atom is -0.489 e. The third-order valence-electron chi connectivity index (χ3n) is 5.35. The molecule has 2 aromatic rings. The fourth-order valence-electron chi connectivity index (χ4n) is 3.17. The maximum absolute atomic E-state index is 12.7. The Labute approximate surface area is 219 Å². The molecule has 0 radical (unpaired) electrons. The maximum Gasteiger partial charge on any atom is 0.341 e. The molecule has 2 aromatic carbocycles. The van der Waals surface area contributed by atoms with Crippen molar-refractivity contribution in [3.8, 4) is 5.75 Å². The largest absolute Gasteiger partial charge is 0.489 e. The van der Waals surface area contributed by atoms with E-state index in [1.165, 1.54) is 0 Å². The van der Waals surface area contributed by atoms with Crippen molar-refractivity contribution in [2.45, 2.75) is 45.3 Å². The van der Waals surface area contributed by atoms with Crippen molar-refractivity contribution in [2.75, 3.05) is 18.6 Å². The first-order valence-corrected chi connectivity index (χ1v) is 12.3. The van der Waals surface area contributed by atoms with E-state index in [1.54, 1.807) is 49.4 Å². The lowest BCUT2D eigenvalue weighted by atomic mass is 9.96. The molecule has 36 heavy (non-hydrogen) atoms. The number of anilines is 1. The van der Waals surface area contributed by atoms with Crippen LogP contribution in [0.4, 0.5) is 15.3 Å². The first-order chi connectivity index (χ1) is 17.4. The number of hydrazine groups is 2. The molecule has 0 aromatic heterocycles. The number of nitrogens with zero attached hydrogens (tertiary/aromatic N) is 1. The van der Waals surface area contributed by atoms with Crippen molar-refractivity contribution >= 4 is 46.9 Å². The molecule has 1 saturated carbocycles. The van der Waals surface area contributed by atoms with E-state index in [-0.39, 0.29) is 32.2 Å². The molecular formula is C24H29Cl2N5O5. The fraction of sp³-hybridized carbons (Fsp3) is 0.375. The van der Waals surface area contributed by atoms with E-state index in [9.17, 15) is 14.4 Å². The average Bonchev–Trinajstić information content (AvgIpc) is 2.82. The van der Waals surface area contributed by atoms with Crippen molar-refractivity contribution in [2.24, 2.45) is 0 Å². The van der Waals surface area contributed by atoms with Crippen LogP contribution in [-0.4, -0.2) is 42.2 Å². The van der Waals surface area contributed by atoms with Gasteiger partial charge in [0.25, 0.3) is 0 Å². The van der Waals surface area contributed by atoms with E-state index in [0.29, 0.717) is 21.5 Å². The number of imide groups is 1. The molecule has 0 bridgehead atoms. The van der Waals surface area contributed by atoms with Gasteiger partial charge in [0.1, 0.15) is 5.75 Å². The first kappa shape index (κ1) is 27.4. The number of carbonyl (C=O) groups excluding carboxylic acids is 3. The van der Waals surface area contributed by atoms with Crippen molar-refractivity contribution in [1.29, 1.82) is 0 Å². The molecule has 12 heteroatoms. The Hall–Kier alpha value is -3.21. The monoisotopic (exact) mass is 537 g/mol. The van der Waals surface area contributed by atoms with Gasteiger partial charge in [0.05, 0.1) is 29.8 Å². The van der Waals surface area contributed by atoms with Gasteiger partial charge in [-0.3, -0.25) is 10.2 Å². The molecule has 0 spiro atoms. The smallest absolute Gasteiger partial charge is 0.341 e. The summed E-state index contributed by atoms with van der Waals surface area (Å²) in [7, 11) is 0. The zero-order valence-electron chi connectivity index (χ0n) is 19.8. The van der Waals surface area contributed by atoms with E-state index in [2.05, 4.69) is 21.7 Å². The lowest BCUT2D eigenvalue weighted by Crippen LogP contribution is -2.53. The number of amides is 4. The maximum atomic E-state index is 12.7. The summed E-state index contributed by atoms with van der Waals surface area (Å²) in [6.45, 7) is 1.86. The molecule has 4 N–H and O–H groups in total. The number of nitrogens with one attached hydrogen (secondary N) is 4. The normalized spacial score (nSPS) is 12.8. The number of halogens is 2. The highest BCUT2D eigenvalue weighted by Gasteiger charge is 2.23. The summed E-state index contributed by atoms with van der Waals surface area (Å²) in [6, 6.07) is 10.6. The molecule has 1 fully saturated rings. The minimum absolute atomic E-state index is 0.152. The number of benzene rings is 2. The van der Waals surface area contributed by atoms with E-state index in [4.69, 9.17) is 32.7 Å². The van der Waals surface area contributed by atoms with Gasteiger partial charge >= 0.3 is 18.0 Å². The number of carbonyl (C=O) groups is 3. The second-order valence-electron chi connectivity index (χ2n) is 7.99. The summed E-state index contributed by atoms with van der Waals surface area (Å²) in [5, 5.41) is 3.65. The van der Waals surface area contributed by atoms with Crippen LogP contribution in [0, 0.1) is 0 Å². The summed E-state index contributed by atoms with van der Waals surface area (Å²) in [6.07, 6.45) is 3.24. The Morgan fingerprint density at radius 2 is 1.81 bits per heavy atom. The molecule has 0 saturated heterocycles. The van der Waals surface area contributed by atoms with Gasteiger partial charge in [0.2, 0.25) is 0 Å². The summed E-state index contributed by atoms with van der Waals surface area (Å²) in [4.78, 5) is 38.1. The third-order valence-corrected chi connectivity index (χ3v) is 5.89. The molecule has 10 nitrogen and oxygen atoms in total. The number of hydrogen-bond acceptors (Lipinski definition) is 7. The van der Waals surface area contributed by atoms with Crippen LogP contribution < -0.4 is 26.4 Å². The van der Waals surface area contributed by atoms with Gasteiger partial charge < -0.3 is 20.2 Å². The van der Waals surface area contributed by atoms with Crippen LogP contribution in [0.2, 0.25) is 10.0 Å². The number of urea groups is 2. The van der Waals surface area contributed by atoms with Crippen LogP contribution in [-0.2, 0) is 16.1 Å². The predicted octanol–water partition coefficient (Wildman–Crippen LogP) is 4.63. The molecule has 4 amide bonds. The molecule has 0 aliphatic heterocycles. The van der Waals surface area contributed by atoms with Crippen LogP contribution in [0.5, 0.6) is 5.75 Å². The Morgan fingerprint density at radius 3 is 2.44 bits per heavy atom. The van der Waals surface area contributed by atoms with E-state index < -0.39 is 18.0 Å². The third kappa shape index (κ3) is 8.47. The van der Waals surface area contributed by atoms with Gasteiger partial charge in [-0.15, -0.1) is 5.53 Å². The number of esters is 1. The second kappa shape index (κ2) is 13.8. The Kier molecular flexibility index (Phi) is 10.5. The SMILES string of the molecule is CCOC(=O)CCN(C(=O)NCc1ccc(Cl)cc1)C(=O)NNNc1ccc(OC2CCC2)c(Cl)c1. The van der Waals surface area contributed by atoms with Gasteiger partial charge in [-0.1, -0.05) is 35.3 Å². The summed E-state index contributed by atoms with van der Waals surface area (Å²) < 4.78 is 10.7. The quantitative estimate of drug-likeness (QED) is 0.243. The number of ether oxygens (including phenoxy) is 2. The van der Waals surface area contributed by atoms with Crippen molar-refractivity contribution < 1.29 is 23.9 Å².